The Kier molecular flexibility index (Phi) is 5.98. The second-order valence-corrected chi connectivity index (χ2v) is 8.32. The number of nitrogens with one attached hydrogen (secondary N) is 2. The lowest BCUT2D eigenvalue weighted by molar-refractivity contribution is -0.0261. The number of carbonyl (C=O) groups excluding carboxylic acids is 1. The summed E-state index contributed by atoms with van der Waals surface area (Å²) >= 11 is 0. The van der Waals surface area contributed by atoms with Crippen LogP contribution in [0.3, 0.4) is 0 Å². The van der Waals surface area contributed by atoms with Crippen LogP contribution in [-0.4, -0.2) is 57.7 Å². The van der Waals surface area contributed by atoms with E-state index in [4.69, 9.17) is 4.74 Å². The molecular formula is C24H27N5O3. The van der Waals surface area contributed by atoms with Gasteiger partial charge in [0.15, 0.2) is 0 Å². The molecule has 2 atom stereocenters. The van der Waals surface area contributed by atoms with Gasteiger partial charge in [-0.1, -0.05) is 12.1 Å². The van der Waals surface area contributed by atoms with Crippen LogP contribution in [0.15, 0.2) is 48.8 Å². The van der Waals surface area contributed by atoms with Gasteiger partial charge in [0.05, 0.1) is 30.1 Å². The number of hydrogen-bond donors (Lipinski definition) is 3. The smallest absolute Gasteiger partial charge is 0.270 e. The highest BCUT2D eigenvalue weighted by atomic mass is 16.5. The predicted molar refractivity (Wildman–Crippen MR) is 119 cm³/mol. The first-order chi connectivity index (χ1) is 15.7. The summed E-state index contributed by atoms with van der Waals surface area (Å²) in [6.07, 6.45) is 5.20. The van der Waals surface area contributed by atoms with Crippen molar-refractivity contribution in [2.45, 2.75) is 38.0 Å². The number of aliphatic hydroxyl groups excluding tert-OH is 1. The zero-order valence-corrected chi connectivity index (χ0v) is 17.8. The number of pyridine rings is 1. The lowest BCUT2D eigenvalue weighted by Crippen LogP contribution is -2.49. The molecule has 1 amide bonds. The minimum atomic E-state index is -0.695. The largest absolute Gasteiger partial charge is 0.389 e. The van der Waals surface area contributed by atoms with Crippen LogP contribution >= 0.6 is 0 Å². The van der Waals surface area contributed by atoms with Crippen molar-refractivity contribution in [3.63, 3.8) is 0 Å². The van der Waals surface area contributed by atoms with Crippen LogP contribution in [0.25, 0.3) is 5.69 Å². The predicted octanol–water partition coefficient (Wildman–Crippen LogP) is 1.38. The number of carbonyl (C=O) groups is 1. The molecule has 0 radical (unpaired) electrons. The Bertz CT molecular complexity index is 1080. The van der Waals surface area contributed by atoms with Gasteiger partial charge in [0.25, 0.3) is 5.91 Å². The van der Waals surface area contributed by atoms with Gasteiger partial charge in [-0.2, -0.15) is 5.10 Å². The van der Waals surface area contributed by atoms with Gasteiger partial charge in [0, 0.05) is 25.5 Å². The standard InChI is InChI=1S/C24H27N5O3/c30-23-15-32-11-7-20(23)28-24(31)21-13-17(19-6-9-25-14-22(19)27-21)12-16-2-4-18(5-3-16)29-10-1-8-26-29/h1-5,8,10,13,20,23,25,30H,6-7,9,11-12,14-15H2,(H,28,31)/t20-,23-/m1/s1. The number of fused-ring (bicyclic) bond motifs is 1. The van der Waals surface area contributed by atoms with Gasteiger partial charge in [0.1, 0.15) is 5.69 Å². The third-order valence-corrected chi connectivity index (χ3v) is 6.12. The highest BCUT2D eigenvalue weighted by Crippen LogP contribution is 2.23. The van der Waals surface area contributed by atoms with Crippen molar-refractivity contribution < 1.29 is 14.6 Å². The van der Waals surface area contributed by atoms with Crippen LogP contribution in [-0.2, 0) is 24.1 Å². The molecule has 1 aromatic carbocycles. The molecule has 0 bridgehead atoms. The summed E-state index contributed by atoms with van der Waals surface area (Å²) in [5.41, 5.74) is 5.85. The number of rotatable bonds is 5. The van der Waals surface area contributed by atoms with Gasteiger partial charge in [-0.05, 0) is 66.8 Å². The van der Waals surface area contributed by atoms with E-state index in [1.165, 1.54) is 11.1 Å². The van der Waals surface area contributed by atoms with Crippen LogP contribution in [0.4, 0.5) is 0 Å². The van der Waals surface area contributed by atoms with Crippen LogP contribution in [0.2, 0.25) is 0 Å². The second kappa shape index (κ2) is 9.20. The molecular weight excluding hydrogens is 406 g/mol. The third kappa shape index (κ3) is 4.43. The normalized spacial score (nSPS) is 20.5. The highest BCUT2D eigenvalue weighted by Gasteiger charge is 2.27. The summed E-state index contributed by atoms with van der Waals surface area (Å²) in [6.45, 7) is 2.33. The zero-order valence-electron chi connectivity index (χ0n) is 17.8. The van der Waals surface area contributed by atoms with Crippen molar-refractivity contribution in [3.05, 3.63) is 76.9 Å². The molecule has 32 heavy (non-hydrogen) atoms. The number of amides is 1. The number of benzene rings is 1. The van der Waals surface area contributed by atoms with Crippen LogP contribution in [0, 0.1) is 0 Å². The van der Waals surface area contributed by atoms with E-state index >= 15 is 0 Å². The zero-order chi connectivity index (χ0) is 21.9. The van der Waals surface area contributed by atoms with Gasteiger partial charge in [0.2, 0.25) is 0 Å². The van der Waals surface area contributed by atoms with Crippen LogP contribution in [0.1, 0.15) is 39.3 Å². The van der Waals surface area contributed by atoms with E-state index in [0.717, 1.165) is 36.3 Å². The lowest BCUT2D eigenvalue weighted by Gasteiger charge is -2.28. The Morgan fingerprint density at radius 3 is 2.97 bits per heavy atom. The van der Waals surface area contributed by atoms with Crippen molar-refractivity contribution in [2.75, 3.05) is 19.8 Å². The molecule has 0 spiro atoms. The second-order valence-electron chi connectivity index (χ2n) is 8.32. The molecule has 2 aromatic heterocycles. The van der Waals surface area contributed by atoms with E-state index in [-0.39, 0.29) is 18.6 Å². The number of hydrogen-bond acceptors (Lipinski definition) is 6. The fourth-order valence-corrected chi connectivity index (χ4v) is 4.37. The maximum absolute atomic E-state index is 13.0. The van der Waals surface area contributed by atoms with Crippen molar-refractivity contribution >= 4 is 5.91 Å². The van der Waals surface area contributed by atoms with Gasteiger partial charge in [-0.15, -0.1) is 0 Å². The molecule has 3 N–H and O–H groups in total. The average Bonchev–Trinajstić information content (AvgIpc) is 3.36. The molecule has 4 heterocycles. The van der Waals surface area contributed by atoms with Crippen LogP contribution in [0.5, 0.6) is 0 Å². The Morgan fingerprint density at radius 2 is 2.19 bits per heavy atom. The van der Waals surface area contributed by atoms with E-state index in [1.54, 1.807) is 6.20 Å². The molecule has 0 aliphatic carbocycles. The molecule has 0 unspecified atom stereocenters. The van der Waals surface area contributed by atoms with Gasteiger partial charge in [-0.25, -0.2) is 9.67 Å². The Hall–Kier alpha value is -3.07. The SMILES string of the molecule is O=C(N[C@@H]1CCOC[C@H]1O)c1cc(Cc2ccc(-n3cccn3)cc2)c2c(n1)CNCC2. The minimum Gasteiger partial charge on any atom is -0.389 e. The molecule has 5 rings (SSSR count). The first-order valence-electron chi connectivity index (χ1n) is 11.1. The Labute approximate surface area is 186 Å². The van der Waals surface area contributed by atoms with Gasteiger partial charge >= 0.3 is 0 Å². The van der Waals surface area contributed by atoms with E-state index < -0.39 is 6.10 Å². The van der Waals surface area contributed by atoms with E-state index in [1.807, 2.05) is 23.0 Å². The number of ether oxygens (including phenoxy) is 1. The number of nitrogens with zero attached hydrogens (tertiary/aromatic N) is 3. The number of aromatic nitrogens is 3. The fraction of sp³-hybridized carbons (Fsp3) is 0.375. The molecule has 3 aromatic rings. The summed E-state index contributed by atoms with van der Waals surface area (Å²) in [4.78, 5) is 17.6. The van der Waals surface area contributed by atoms with Crippen molar-refractivity contribution in [2.24, 2.45) is 0 Å². The molecule has 1 saturated heterocycles. The topological polar surface area (TPSA) is 101 Å². The van der Waals surface area contributed by atoms with Gasteiger partial charge in [-0.3, -0.25) is 4.79 Å². The van der Waals surface area contributed by atoms with Crippen molar-refractivity contribution in [1.82, 2.24) is 25.4 Å². The van der Waals surface area contributed by atoms with E-state index in [9.17, 15) is 9.90 Å². The number of aliphatic hydroxyl groups is 1. The van der Waals surface area contributed by atoms with Crippen LogP contribution < -0.4 is 10.6 Å². The molecule has 1 fully saturated rings. The molecule has 2 aliphatic heterocycles. The minimum absolute atomic E-state index is 0.242. The van der Waals surface area contributed by atoms with E-state index in [0.29, 0.717) is 25.3 Å². The molecule has 0 saturated carbocycles. The third-order valence-electron chi connectivity index (χ3n) is 6.12. The summed E-state index contributed by atoms with van der Waals surface area (Å²) in [5, 5.41) is 20.7. The molecule has 166 valence electrons. The van der Waals surface area contributed by atoms with E-state index in [2.05, 4.69) is 45.0 Å². The molecule has 8 nitrogen and oxygen atoms in total. The fourth-order valence-electron chi connectivity index (χ4n) is 4.37. The maximum Gasteiger partial charge on any atom is 0.270 e. The Balaban J connectivity index is 1.39. The summed E-state index contributed by atoms with van der Waals surface area (Å²) in [6, 6.07) is 11.8. The first kappa shape index (κ1) is 20.8. The van der Waals surface area contributed by atoms with Gasteiger partial charge < -0.3 is 20.5 Å². The lowest BCUT2D eigenvalue weighted by atomic mass is 9.94. The summed E-state index contributed by atoms with van der Waals surface area (Å²) < 4.78 is 7.09. The first-order valence-corrected chi connectivity index (χ1v) is 11.1. The van der Waals surface area contributed by atoms with Crippen molar-refractivity contribution in [3.8, 4) is 5.69 Å². The summed E-state index contributed by atoms with van der Waals surface area (Å²) in [5.74, 6) is -0.250. The highest BCUT2D eigenvalue weighted by molar-refractivity contribution is 5.93. The summed E-state index contributed by atoms with van der Waals surface area (Å²) in [7, 11) is 0. The van der Waals surface area contributed by atoms with Crippen molar-refractivity contribution in [1.29, 1.82) is 0 Å². The Morgan fingerprint density at radius 1 is 1.31 bits per heavy atom. The molecule has 2 aliphatic rings. The quantitative estimate of drug-likeness (QED) is 0.562. The average molecular weight is 434 g/mol. The monoisotopic (exact) mass is 433 g/mol. The molecule has 8 heteroatoms. The maximum atomic E-state index is 13.0.